The van der Waals surface area contributed by atoms with Crippen LogP contribution in [0, 0.1) is 12.3 Å². The monoisotopic (exact) mass is 292 g/mol. The topological polar surface area (TPSA) is 69.6 Å². The predicted octanol–water partition coefficient (Wildman–Crippen LogP) is 3.03. The number of carboxylic acid groups (broad SMARTS) is 1. The molecule has 5 heteroatoms. The highest BCUT2D eigenvalue weighted by molar-refractivity contribution is 5.93. The molecule has 2 amide bonds. The standard InChI is InChI=1S/C16H24N2O3/c1-5-16(4,14(19)20)11-17-15(21)18(6-2)13-10-8-7-9-12(13)3/h7-10H,5-6,11H2,1-4H3,(H,17,21)(H,19,20). The van der Waals surface area contributed by atoms with Gasteiger partial charge in [0.1, 0.15) is 0 Å². The largest absolute Gasteiger partial charge is 0.481 e. The molecule has 116 valence electrons. The number of carbonyl (C=O) groups excluding carboxylic acids is 1. The molecule has 21 heavy (non-hydrogen) atoms. The van der Waals surface area contributed by atoms with E-state index in [0.29, 0.717) is 13.0 Å². The number of nitrogens with zero attached hydrogens (tertiary/aromatic N) is 1. The van der Waals surface area contributed by atoms with Gasteiger partial charge in [-0.05, 0) is 38.8 Å². The number of carboxylic acids is 1. The molecule has 0 fully saturated rings. The van der Waals surface area contributed by atoms with Crippen molar-refractivity contribution in [2.45, 2.75) is 34.1 Å². The lowest BCUT2D eigenvalue weighted by Crippen LogP contribution is -2.46. The normalized spacial score (nSPS) is 13.3. The SMILES string of the molecule is CCN(C(=O)NCC(C)(CC)C(=O)O)c1ccccc1C. The highest BCUT2D eigenvalue weighted by Gasteiger charge is 2.32. The zero-order valence-corrected chi connectivity index (χ0v) is 13.1. The summed E-state index contributed by atoms with van der Waals surface area (Å²) in [5.74, 6) is -0.899. The van der Waals surface area contributed by atoms with Crippen molar-refractivity contribution in [3.63, 3.8) is 0 Å². The molecular weight excluding hydrogens is 268 g/mol. The summed E-state index contributed by atoms with van der Waals surface area (Å²) < 4.78 is 0. The van der Waals surface area contributed by atoms with Gasteiger partial charge in [0.05, 0.1) is 5.41 Å². The Morgan fingerprint density at radius 1 is 1.29 bits per heavy atom. The first-order valence-corrected chi connectivity index (χ1v) is 7.20. The summed E-state index contributed by atoms with van der Waals surface area (Å²) in [5.41, 5.74) is 0.901. The lowest BCUT2D eigenvalue weighted by molar-refractivity contribution is -0.147. The molecule has 0 aromatic heterocycles. The number of hydrogen-bond donors (Lipinski definition) is 2. The van der Waals surface area contributed by atoms with Crippen LogP contribution in [-0.2, 0) is 4.79 Å². The number of rotatable bonds is 6. The molecule has 0 aliphatic heterocycles. The number of aliphatic carboxylic acids is 1. The van der Waals surface area contributed by atoms with E-state index in [9.17, 15) is 14.7 Å². The Balaban J connectivity index is 2.82. The Bertz CT molecular complexity index is 516. The van der Waals surface area contributed by atoms with Crippen molar-refractivity contribution in [3.8, 4) is 0 Å². The Kier molecular flexibility index (Phi) is 5.76. The van der Waals surface area contributed by atoms with Crippen LogP contribution >= 0.6 is 0 Å². The van der Waals surface area contributed by atoms with Gasteiger partial charge in [-0.25, -0.2) is 4.79 Å². The Morgan fingerprint density at radius 3 is 2.38 bits per heavy atom. The predicted molar refractivity (Wildman–Crippen MR) is 83.6 cm³/mol. The molecule has 2 N–H and O–H groups in total. The van der Waals surface area contributed by atoms with Gasteiger partial charge < -0.3 is 10.4 Å². The van der Waals surface area contributed by atoms with Gasteiger partial charge in [-0.15, -0.1) is 0 Å². The Labute approximate surface area is 126 Å². The molecule has 0 aliphatic carbocycles. The van der Waals surface area contributed by atoms with Gasteiger partial charge in [0.2, 0.25) is 0 Å². The van der Waals surface area contributed by atoms with Gasteiger partial charge in [-0.1, -0.05) is 25.1 Å². The number of anilines is 1. The van der Waals surface area contributed by atoms with Gasteiger partial charge in [-0.3, -0.25) is 9.69 Å². The number of para-hydroxylation sites is 1. The van der Waals surface area contributed by atoms with E-state index in [2.05, 4.69) is 5.32 Å². The quantitative estimate of drug-likeness (QED) is 0.846. The van der Waals surface area contributed by atoms with E-state index in [4.69, 9.17) is 0 Å². The first-order valence-electron chi connectivity index (χ1n) is 7.20. The molecule has 0 saturated heterocycles. The minimum absolute atomic E-state index is 0.111. The number of hydrogen-bond acceptors (Lipinski definition) is 2. The second kappa shape index (κ2) is 7.11. The molecule has 1 aromatic rings. The summed E-state index contributed by atoms with van der Waals surface area (Å²) in [7, 11) is 0. The summed E-state index contributed by atoms with van der Waals surface area (Å²) in [5, 5.41) is 12.0. The van der Waals surface area contributed by atoms with Crippen LogP contribution in [0.3, 0.4) is 0 Å². The molecule has 5 nitrogen and oxygen atoms in total. The molecule has 0 spiro atoms. The van der Waals surface area contributed by atoms with E-state index < -0.39 is 11.4 Å². The zero-order chi connectivity index (χ0) is 16.0. The number of carbonyl (C=O) groups is 2. The van der Waals surface area contributed by atoms with E-state index >= 15 is 0 Å². The van der Waals surface area contributed by atoms with Gasteiger partial charge in [-0.2, -0.15) is 0 Å². The maximum absolute atomic E-state index is 12.3. The smallest absolute Gasteiger partial charge is 0.321 e. The first kappa shape index (κ1) is 17.0. The molecule has 0 bridgehead atoms. The molecule has 1 aromatic carbocycles. The number of urea groups is 1. The van der Waals surface area contributed by atoms with Crippen LogP contribution in [0.2, 0.25) is 0 Å². The second-order valence-electron chi connectivity index (χ2n) is 5.41. The molecule has 1 unspecified atom stereocenters. The summed E-state index contributed by atoms with van der Waals surface area (Å²) in [4.78, 5) is 25.2. The van der Waals surface area contributed by atoms with Crippen molar-refractivity contribution in [1.29, 1.82) is 0 Å². The lowest BCUT2D eigenvalue weighted by atomic mass is 9.88. The van der Waals surface area contributed by atoms with Crippen LogP contribution in [0.25, 0.3) is 0 Å². The zero-order valence-electron chi connectivity index (χ0n) is 13.1. The molecular formula is C16H24N2O3. The van der Waals surface area contributed by atoms with Gasteiger partial charge in [0.25, 0.3) is 0 Å². The minimum Gasteiger partial charge on any atom is -0.481 e. The Morgan fingerprint density at radius 2 is 1.90 bits per heavy atom. The van der Waals surface area contributed by atoms with E-state index in [1.54, 1.807) is 18.7 Å². The fourth-order valence-electron chi connectivity index (χ4n) is 2.01. The van der Waals surface area contributed by atoms with Gasteiger partial charge in [0, 0.05) is 18.8 Å². The van der Waals surface area contributed by atoms with Crippen LogP contribution in [0.5, 0.6) is 0 Å². The van der Waals surface area contributed by atoms with Crippen molar-refractivity contribution in [2.24, 2.45) is 5.41 Å². The summed E-state index contributed by atoms with van der Waals surface area (Å²) in [6, 6.07) is 7.36. The highest BCUT2D eigenvalue weighted by Crippen LogP contribution is 2.22. The third-order valence-electron chi connectivity index (χ3n) is 3.89. The van der Waals surface area contributed by atoms with Crippen LogP contribution in [0.15, 0.2) is 24.3 Å². The summed E-state index contributed by atoms with van der Waals surface area (Å²) in [6.07, 6.45) is 0.457. The molecule has 0 radical (unpaired) electrons. The maximum atomic E-state index is 12.3. The van der Waals surface area contributed by atoms with E-state index in [0.717, 1.165) is 11.3 Å². The van der Waals surface area contributed by atoms with Crippen LogP contribution in [0.4, 0.5) is 10.5 Å². The lowest BCUT2D eigenvalue weighted by Gasteiger charge is -2.27. The van der Waals surface area contributed by atoms with Gasteiger partial charge in [0.15, 0.2) is 0 Å². The van der Waals surface area contributed by atoms with Crippen molar-refractivity contribution in [1.82, 2.24) is 5.32 Å². The average Bonchev–Trinajstić information content (AvgIpc) is 2.47. The first-order chi connectivity index (χ1) is 9.85. The maximum Gasteiger partial charge on any atom is 0.321 e. The Hall–Kier alpha value is -2.04. The third-order valence-corrected chi connectivity index (χ3v) is 3.89. The van der Waals surface area contributed by atoms with Crippen molar-refractivity contribution >= 4 is 17.7 Å². The fraction of sp³-hybridized carbons (Fsp3) is 0.500. The number of aryl methyl sites for hydroxylation is 1. The van der Waals surface area contributed by atoms with Crippen molar-refractivity contribution in [3.05, 3.63) is 29.8 Å². The average molecular weight is 292 g/mol. The van der Waals surface area contributed by atoms with Crippen LogP contribution in [-0.4, -0.2) is 30.2 Å². The molecule has 0 saturated carbocycles. The fourth-order valence-corrected chi connectivity index (χ4v) is 2.01. The molecule has 1 rings (SSSR count). The van der Waals surface area contributed by atoms with Crippen molar-refractivity contribution < 1.29 is 14.7 Å². The second-order valence-corrected chi connectivity index (χ2v) is 5.41. The molecule has 0 heterocycles. The number of nitrogens with one attached hydrogen (secondary N) is 1. The van der Waals surface area contributed by atoms with E-state index in [1.807, 2.05) is 38.1 Å². The number of benzene rings is 1. The van der Waals surface area contributed by atoms with Crippen LogP contribution < -0.4 is 10.2 Å². The van der Waals surface area contributed by atoms with Gasteiger partial charge >= 0.3 is 12.0 Å². The molecule has 0 aliphatic rings. The van der Waals surface area contributed by atoms with E-state index in [-0.39, 0.29) is 12.6 Å². The van der Waals surface area contributed by atoms with Crippen molar-refractivity contribution in [2.75, 3.05) is 18.0 Å². The minimum atomic E-state index is -0.944. The molecule has 1 atom stereocenters. The highest BCUT2D eigenvalue weighted by atomic mass is 16.4. The number of amides is 2. The summed E-state index contributed by atoms with van der Waals surface area (Å²) >= 11 is 0. The third kappa shape index (κ3) is 3.97. The van der Waals surface area contributed by atoms with E-state index in [1.165, 1.54) is 0 Å². The summed E-state index contributed by atoms with van der Waals surface area (Å²) in [6.45, 7) is 7.91. The van der Waals surface area contributed by atoms with Crippen LogP contribution in [0.1, 0.15) is 32.8 Å².